The molecule has 1 N–H and O–H groups in total. The maximum Gasteiger partial charge on any atom is 0.344 e. The molecule has 136 valence electrons. The smallest absolute Gasteiger partial charge is 0.344 e. The number of esters is 1. The van der Waals surface area contributed by atoms with Crippen molar-refractivity contribution in [3.8, 4) is 0 Å². The zero-order valence-corrected chi connectivity index (χ0v) is 14.6. The Labute approximate surface area is 150 Å². The molecule has 0 unspecified atom stereocenters. The molecular formula is C18H19N3O5. The highest BCUT2D eigenvalue weighted by atomic mass is 16.5. The Morgan fingerprint density at radius 3 is 2.81 bits per heavy atom. The number of ether oxygens (including phenoxy) is 1. The molecule has 1 fully saturated rings. The highest BCUT2D eigenvalue weighted by Crippen LogP contribution is 2.24. The minimum absolute atomic E-state index is 0.0712. The summed E-state index contributed by atoms with van der Waals surface area (Å²) in [6.45, 7) is 3.46. The van der Waals surface area contributed by atoms with Gasteiger partial charge in [0.05, 0.1) is 5.69 Å². The van der Waals surface area contributed by atoms with Crippen LogP contribution >= 0.6 is 0 Å². The van der Waals surface area contributed by atoms with Crippen LogP contribution in [-0.4, -0.2) is 36.1 Å². The maximum absolute atomic E-state index is 12.0. The molecule has 2 aromatic rings. The predicted octanol–water partition coefficient (Wildman–Crippen LogP) is 2.21. The molecule has 3 rings (SSSR count). The molecule has 0 radical (unpaired) electrons. The molecule has 8 nitrogen and oxygen atoms in total. The lowest BCUT2D eigenvalue weighted by Gasteiger charge is -2.16. The van der Waals surface area contributed by atoms with E-state index in [0.717, 1.165) is 12.1 Å². The summed E-state index contributed by atoms with van der Waals surface area (Å²) in [5, 5.41) is 6.33. The standard InChI is InChI=1S/C18H19N3O5/c1-11-17(12(2)26-20-11)18(24)25-10-15(22)19-13-5-3-6-14(9-13)21-8-4-7-16(21)23/h3,5-6,9H,4,7-8,10H2,1-2H3,(H,19,22). The summed E-state index contributed by atoms with van der Waals surface area (Å²) in [4.78, 5) is 37.6. The maximum atomic E-state index is 12.0. The quantitative estimate of drug-likeness (QED) is 0.823. The normalized spacial score (nSPS) is 13.8. The second-order valence-corrected chi connectivity index (χ2v) is 6.02. The molecule has 1 aliphatic rings. The number of carbonyl (C=O) groups excluding carboxylic acids is 3. The molecule has 1 aliphatic heterocycles. The number of benzene rings is 1. The van der Waals surface area contributed by atoms with Crippen LogP contribution in [0, 0.1) is 13.8 Å². The molecule has 2 amide bonds. The number of nitrogens with one attached hydrogen (secondary N) is 1. The number of hydrogen-bond acceptors (Lipinski definition) is 6. The molecule has 0 saturated carbocycles. The van der Waals surface area contributed by atoms with Crippen molar-refractivity contribution in [3.05, 3.63) is 41.3 Å². The fourth-order valence-electron chi connectivity index (χ4n) is 2.85. The van der Waals surface area contributed by atoms with Gasteiger partial charge in [-0.15, -0.1) is 0 Å². The summed E-state index contributed by atoms with van der Waals surface area (Å²) in [6, 6.07) is 7.00. The summed E-state index contributed by atoms with van der Waals surface area (Å²) in [6.07, 6.45) is 1.36. The second-order valence-electron chi connectivity index (χ2n) is 6.02. The van der Waals surface area contributed by atoms with Gasteiger partial charge < -0.3 is 19.5 Å². The molecular weight excluding hydrogens is 338 g/mol. The van der Waals surface area contributed by atoms with Gasteiger partial charge in [-0.2, -0.15) is 0 Å². The fourth-order valence-corrected chi connectivity index (χ4v) is 2.85. The van der Waals surface area contributed by atoms with Gasteiger partial charge in [-0.3, -0.25) is 9.59 Å². The number of aryl methyl sites for hydroxylation is 2. The van der Waals surface area contributed by atoms with E-state index >= 15 is 0 Å². The highest BCUT2D eigenvalue weighted by molar-refractivity contribution is 5.98. The molecule has 0 spiro atoms. The van der Waals surface area contributed by atoms with E-state index in [0.29, 0.717) is 30.1 Å². The first-order valence-electron chi connectivity index (χ1n) is 8.26. The summed E-state index contributed by atoms with van der Waals surface area (Å²) >= 11 is 0. The first-order chi connectivity index (χ1) is 12.5. The second kappa shape index (κ2) is 7.38. The van der Waals surface area contributed by atoms with E-state index in [-0.39, 0.29) is 11.5 Å². The number of anilines is 2. The van der Waals surface area contributed by atoms with Gasteiger partial charge in [0.25, 0.3) is 5.91 Å². The minimum atomic E-state index is -0.659. The largest absolute Gasteiger partial charge is 0.452 e. The highest BCUT2D eigenvalue weighted by Gasteiger charge is 2.22. The van der Waals surface area contributed by atoms with E-state index in [1.165, 1.54) is 0 Å². The number of amides is 2. The van der Waals surface area contributed by atoms with Crippen molar-refractivity contribution < 1.29 is 23.6 Å². The van der Waals surface area contributed by atoms with E-state index < -0.39 is 18.5 Å². The van der Waals surface area contributed by atoms with Crippen molar-refractivity contribution in [1.82, 2.24) is 5.16 Å². The SMILES string of the molecule is Cc1noc(C)c1C(=O)OCC(=O)Nc1cccc(N2CCCC2=O)c1. The lowest BCUT2D eigenvalue weighted by molar-refractivity contribution is -0.119. The minimum Gasteiger partial charge on any atom is -0.452 e. The van der Waals surface area contributed by atoms with Crippen LogP contribution in [0.5, 0.6) is 0 Å². The van der Waals surface area contributed by atoms with Crippen molar-refractivity contribution in [2.24, 2.45) is 0 Å². The number of aromatic nitrogens is 1. The van der Waals surface area contributed by atoms with Crippen LogP contribution in [0.2, 0.25) is 0 Å². The van der Waals surface area contributed by atoms with Crippen LogP contribution in [0.25, 0.3) is 0 Å². The van der Waals surface area contributed by atoms with E-state index in [1.54, 1.807) is 36.9 Å². The van der Waals surface area contributed by atoms with Gasteiger partial charge in [-0.25, -0.2) is 4.79 Å². The Bertz CT molecular complexity index is 839. The zero-order chi connectivity index (χ0) is 18.7. The first-order valence-corrected chi connectivity index (χ1v) is 8.26. The summed E-state index contributed by atoms with van der Waals surface area (Å²) < 4.78 is 9.92. The van der Waals surface area contributed by atoms with E-state index in [4.69, 9.17) is 9.26 Å². The van der Waals surface area contributed by atoms with Crippen LogP contribution in [0.4, 0.5) is 11.4 Å². The Morgan fingerprint density at radius 2 is 2.15 bits per heavy atom. The van der Waals surface area contributed by atoms with Gasteiger partial charge in [0.2, 0.25) is 5.91 Å². The monoisotopic (exact) mass is 357 g/mol. The zero-order valence-electron chi connectivity index (χ0n) is 14.6. The van der Waals surface area contributed by atoms with E-state index in [9.17, 15) is 14.4 Å². The van der Waals surface area contributed by atoms with Gasteiger partial charge in [-0.1, -0.05) is 11.2 Å². The Morgan fingerprint density at radius 1 is 1.35 bits per heavy atom. The van der Waals surface area contributed by atoms with E-state index in [2.05, 4.69) is 10.5 Å². The third-order valence-electron chi connectivity index (χ3n) is 4.09. The number of rotatable bonds is 5. The molecule has 0 aliphatic carbocycles. The van der Waals surface area contributed by atoms with Crippen molar-refractivity contribution in [2.45, 2.75) is 26.7 Å². The number of nitrogens with zero attached hydrogens (tertiary/aromatic N) is 2. The average Bonchev–Trinajstić information content (AvgIpc) is 3.18. The number of carbonyl (C=O) groups is 3. The summed E-state index contributed by atoms with van der Waals surface area (Å²) in [5.41, 5.74) is 1.90. The molecule has 1 aromatic heterocycles. The topological polar surface area (TPSA) is 102 Å². The van der Waals surface area contributed by atoms with Gasteiger partial charge in [-0.05, 0) is 38.5 Å². The Kier molecular flexibility index (Phi) is 5.01. The summed E-state index contributed by atoms with van der Waals surface area (Å²) in [7, 11) is 0. The molecule has 0 atom stereocenters. The van der Waals surface area contributed by atoms with Gasteiger partial charge >= 0.3 is 5.97 Å². The van der Waals surface area contributed by atoms with Crippen LogP contribution in [0.3, 0.4) is 0 Å². The first kappa shape index (κ1) is 17.7. The summed E-state index contributed by atoms with van der Waals surface area (Å²) in [5.74, 6) is -0.722. The lowest BCUT2D eigenvalue weighted by Crippen LogP contribution is -2.24. The predicted molar refractivity (Wildman–Crippen MR) is 92.9 cm³/mol. The molecule has 1 saturated heterocycles. The van der Waals surface area contributed by atoms with Crippen molar-refractivity contribution >= 4 is 29.2 Å². The van der Waals surface area contributed by atoms with E-state index in [1.807, 2.05) is 6.07 Å². The average molecular weight is 357 g/mol. The van der Waals surface area contributed by atoms with Gasteiger partial charge in [0.1, 0.15) is 11.3 Å². The van der Waals surface area contributed by atoms with Crippen molar-refractivity contribution in [1.29, 1.82) is 0 Å². The third-order valence-corrected chi connectivity index (χ3v) is 4.09. The van der Waals surface area contributed by atoms with Crippen molar-refractivity contribution in [3.63, 3.8) is 0 Å². The van der Waals surface area contributed by atoms with Crippen LogP contribution in [0.1, 0.15) is 34.7 Å². The molecule has 26 heavy (non-hydrogen) atoms. The Balaban J connectivity index is 1.58. The van der Waals surface area contributed by atoms with Crippen LogP contribution < -0.4 is 10.2 Å². The van der Waals surface area contributed by atoms with Crippen LogP contribution in [-0.2, 0) is 14.3 Å². The van der Waals surface area contributed by atoms with Crippen LogP contribution in [0.15, 0.2) is 28.8 Å². The molecule has 0 bridgehead atoms. The molecule has 2 heterocycles. The molecule has 1 aromatic carbocycles. The third kappa shape index (κ3) is 3.74. The fraction of sp³-hybridized carbons (Fsp3) is 0.333. The molecule has 8 heteroatoms. The lowest BCUT2D eigenvalue weighted by atomic mass is 10.2. The van der Waals surface area contributed by atoms with Crippen molar-refractivity contribution in [2.75, 3.05) is 23.4 Å². The number of hydrogen-bond donors (Lipinski definition) is 1. The van der Waals surface area contributed by atoms with Gasteiger partial charge in [0, 0.05) is 24.3 Å². The Hall–Kier alpha value is -3.16. The van der Waals surface area contributed by atoms with Gasteiger partial charge in [0.15, 0.2) is 6.61 Å².